The zero-order chi connectivity index (χ0) is 10.6. The van der Waals surface area contributed by atoms with E-state index in [1.54, 1.807) is 0 Å². The Balaban J connectivity index is 2.71. The summed E-state index contributed by atoms with van der Waals surface area (Å²) < 4.78 is 29.5. The monoisotopic (exact) mass is 221 g/mol. The van der Waals surface area contributed by atoms with Crippen LogP contribution in [0.4, 0.5) is 19.3 Å². The Morgan fingerprint density at radius 1 is 1.36 bits per heavy atom. The summed E-state index contributed by atoms with van der Waals surface area (Å²) in [5, 5.41) is 2.10. The largest absolute Gasteiger partial charge is 0.433 e. The van der Waals surface area contributed by atoms with Crippen molar-refractivity contribution >= 4 is 23.4 Å². The number of ether oxygens (including phenoxy) is 1. The molecular weight excluding hydrogens is 216 g/mol. The molecule has 0 saturated carbocycles. The first-order chi connectivity index (χ1) is 6.61. The molecule has 14 heavy (non-hydrogen) atoms. The summed E-state index contributed by atoms with van der Waals surface area (Å²) in [4.78, 5) is 10.8. The standard InChI is InChI=1S/C8H6ClF2NO2/c9-4-14-8(13)12-7-2-5(10)1-6(11)3-7/h1-3H,4H2,(H,12,13). The van der Waals surface area contributed by atoms with E-state index in [0.717, 1.165) is 12.1 Å². The number of hydrogen-bond acceptors (Lipinski definition) is 2. The van der Waals surface area contributed by atoms with Crippen molar-refractivity contribution in [1.82, 2.24) is 0 Å². The molecule has 6 heteroatoms. The maximum atomic E-state index is 12.6. The van der Waals surface area contributed by atoms with Gasteiger partial charge in [0.05, 0.1) is 0 Å². The summed E-state index contributed by atoms with van der Waals surface area (Å²) in [6, 6.07) is 2.28. The van der Waals surface area contributed by atoms with Crippen LogP contribution in [0, 0.1) is 11.6 Å². The summed E-state index contributed by atoms with van der Waals surface area (Å²) in [5.74, 6) is -1.57. The molecule has 0 radical (unpaired) electrons. The number of benzene rings is 1. The summed E-state index contributed by atoms with van der Waals surface area (Å²) >= 11 is 5.09. The number of rotatable bonds is 2. The van der Waals surface area contributed by atoms with E-state index in [2.05, 4.69) is 10.1 Å². The second-order valence-electron chi connectivity index (χ2n) is 2.32. The van der Waals surface area contributed by atoms with Crippen molar-refractivity contribution in [1.29, 1.82) is 0 Å². The zero-order valence-electron chi connectivity index (χ0n) is 6.89. The number of halogens is 3. The Bertz CT molecular complexity index is 326. The topological polar surface area (TPSA) is 38.3 Å². The van der Waals surface area contributed by atoms with Gasteiger partial charge in [-0.15, -0.1) is 0 Å². The number of amides is 1. The van der Waals surface area contributed by atoms with Crippen LogP contribution in [0.2, 0.25) is 0 Å². The van der Waals surface area contributed by atoms with E-state index in [4.69, 9.17) is 11.6 Å². The van der Waals surface area contributed by atoms with E-state index in [9.17, 15) is 13.6 Å². The lowest BCUT2D eigenvalue weighted by Crippen LogP contribution is -2.12. The zero-order valence-corrected chi connectivity index (χ0v) is 7.65. The smallest absolute Gasteiger partial charge is 0.412 e. The van der Waals surface area contributed by atoms with Gasteiger partial charge in [0.1, 0.15) is 11.6 Å². The number of carbonyl (C=O) groups excluding carboxylic acids is 1. The van der Waals surface area contributed by atoms with E-state index in [-0.39, 0.29) is 11.8 Å². The third-order valence-corrected chi connectivity index (χ3v) is 1.40. The molecule has 0 aliphatic heterocycles. The van der Waals surface area contributed by atoms with E-state index >= 15 is 0 Å². The molecular formula is C8H6ClF2NO2. The van der Waals surface area contributed by atoms with Gasteiger partial charge in [-0.3, -0.25) is 5.32 Å². The lowest BCUT2D eigenvalue weighted by molar-refractivity contribution is 0.180. The van der Waals surface area contributed by atoms with Crippen molar-refractivity contribution in [3.8, 4) is 0 Å². The second-order valence-corrected chi connectivity index (χ2v) is 2.54. The third kappa shape index (κ3) is 3.18. The molecule has 0 spiro atoms. The Morgan fingerprint density at radius 2 is 1.93 bits per heavy atom. The SMILES string of the molecule is O=C(Nc1cc(F)cc(F)c1)OCCl. The van der Waals surface area contributed by atoms with Gasteiger partial charge >= 0.3 is 6.09 Å². The highest BCUT2D eigenvalue weighted by atomic mass is 35.5. The molecule has 1 amide bonds. The predicted octanol–water partition coefficient (Wildman–Crippen LogP) is 2.71. The highest BCUT2D eigenvalue weighted by Crippen LogP contribution is 2.12. The highest BCUT2D eigenvalue weighted by molar-refractivity contribution is 6.17. The maximum Gasteiger partial charge on any atom is 0.412 e. The van der Waals surface area contributed by atoms with Gasteiger partial charge in [0.2, 0.25) is 0 Å². The van der Waals surface area contributed by atoms with Crippen LogP contribution in [0.1, 0.15) is 0 Å². The van der Waals surface area contributed by atoms with Crippen molar-refractivity contribution < 1.29 is 18.3 Å². The van der Waals surface area contributed by atoms with Crippen LogP contribution in [0.15, 0.2) is 18.2 Å². The van der Waals surface area contributed by atoms with Crippen molar-refractivity contribution in [2.75, 3.05) is 11.4 Å². The van der Waals surface area contributed by atoms with Crippen LogP contribution < -0.4 is 5.32 Å². The van der Waals surface area contributed by atoms with Crippen molar-refractivity contribution in [3.63, 3.8) is 0 Å². The Kier molecular flexibility index (Phi) is 3.64. The Labute approximate surface area is 83.6 Å². The predicted molar refractivity (Wildman–Crippen MR) is 47.2 cm³/mol. The van der Waals surface area contributed by atoms with Crippen molar-refractivity contribution in [2.24, 2.45) is 0 Å². The van der Waals surface area contributed by atoms with E-state index in [0.29, 0.717) is 6.07 Å². The lowest BCUT2D eigenvalue weighted by atomic mass is 10.3. The fourth-order valence-electron chi connectivity index (χ4n) is 0.829. The van der Waals surface area contributed by atoms with Crippen LogP contribution in [-0.4, -0.2) is 12.2 Å². The van der Waals surface area contributed by atoms with Crippen LogP contribution in [0.3, 0.4) is 0 Å². The fourth-order valence-corrected chi connectivity index (χ4v) is 0.929. The Hall–Kier alpha value is -1.36. The number of alkyl halides is 1. The molecule has 0 unspecified atom stereocenters. The normalized spacial score (nSPS) is 9.64. The Morgan fingerprint density at radius 3 is 2.43 bits per heavy atom. The van der Waals surface area contributed by atoms with Gasteiger partial charge in [0, 0.05) is 11.8 Å². The number of nitrogens with one attached hydrogen (secondary N) is 1. The van der Waals surface area contributed by atoms with Gasteiger partial charge in [-0.25, -0.2) is 13.6 Å². The number of hydrogen-bond donors (Lipinski definition) is 1. The van der Waals surface area contributed by atoms with Crippen LogP contribution >= 0.6 is 11.6 Å². The first-order valence-electron chi connectivity index (χ1n) is 3.57. The van der Waals surface area contributed by atoms with Crippen LogP contribution in [-0.2, 0) is 4.74 Å². The molecule has 1 aromatic carbocycles. The van der Waals surface area contributed by atoms with Crippen LogP contribution in [0.5, 0.6) is 0 Å². The molecule has 0 fully saturated rings. The van der Waals surface area contributed by atoms with E-state index < -0.39 is 17.7 Å². The summed E-state index contributed by atoms with van der Waals surface area (Å²) in [5.41, 5.74) is -0.0300. The molecule has 1 rings (SSSR count). The molecule has 76 valence electrons. The quantitative estimate of drug-likeness (QED) is 0.780. The van der Waals surface area contributed by atoms with E-state index in [1.165, 1.54) is 0 Å². The number of carbonyl (C=O) groups is 1. The molecule has 0 heterocycles. The van der Waals surface area contributed by atoms with Gasteiger partial charge in [-0.1, -0.05) is 11.6 Å². The van der Waals surface area contributed by atoms with Crippen LogP contribution in [0.25, 0.3) is 0 Å². The first-order valence-corrected chi connectivity index (χ1v) is 4.11. The average molecular weight is 222 g/mol. The van der Waals surface area contributed by atoms with E-state index in [1.807, 2.05) is 0 Å². The molecule has 3 nitrogen and oxygen atoms in total. The molecule has 0 aliphatic carbocycles. The van der Waals surface area contributed by atoms with Gasteiger partial charge in [0.25, 0.3) is 0 Å². The lowest BCUT2D eigenvalue weighted by Gasteiger charge is -2.04. The summed E-state index contributed by atoms with van der Waals surface area (Å²) in [6.45, 7) is 0. The van der Waals surface area contributed by atoms with Crippen molar-refractivity contribution in [3.05, 3.63) is 29.8 Å². The highest BCUT2D eigenvalue weighted by Gasteiger charge is 2.05. The molecule has 0 saturated heterocycles. The third-order valence-electron chi connectivity index (χ3n) is 1.29. The number of anilines is 1. The molecule has 1 aromatic rings. The molecule has 0 aliphatic rings. The molecule has 0 aromatic heterocycles. The second kappa shape index (κ2) is 4.76. The average Bonchev–Trinajstić information content (AvgIpc) is 2.01. The maximum absolute atomic E-state index is 12.6. The minimum atomic E-state index is -0.870. The van der Waals surface area contributed by atoms with Gasteiger partial charge in [-0.05, 0) is 12.1 Å². The molecule has 0 bridgehead atoms. The van der Waals surface area contributed by atoms with Crippen molar-refractivity contribution in [2.45, 2.75) is 0 Å². The molecule has 0 atom stereocenters. The first kappa shape index (κ1) is 10.7. The van der Waals surface area contributed by atoms with Gasteiger partial charge in [0.15, 0.2) is 6.07 Å². The molecule has 1 N–H and O–H groups in total. The summed E-state index contributed by atoms with van der Waals surface area (Å²) in [6.07, 6.45) is -0.870. The van der Waals surface area contributed by atoms with Gasteiger partial charge in [-0.2, -0.15) is 0 Å². The summed E-state index contributed by atoms with van der Waals surface area (Å²) in [7, 11) is 0. The minimum absolute atomic E-state index is 0.0300. The fraction of sp³-hybridized carbons (Fsp3) is 0.125. The minimum Gasteiger partial charge on any atom is -0.433 e. The van der Waals surface area contributed by atoms with Gasteiger partial charge < -0.3 is 4.74 Å².